The third kappa shape index (κ3) is 5.04. The molecular formula is C27H25N3O3. The van der Waals surface area contributed by atoms with E-state index in [-0.39, 0.29) is 18.9 Å². The first-order valence-corrected chi connectivity index (χ1v) is 10.9. The second-order valence-corrected chi connectivity index (χ2v) is 8.07. The van der Waals surface area contributed by atoms with Crippen molar-refractivity contribution in [2.24, 2.45) is 0 Å². The Morgan fingerprint density at radius 2 is 1.48 bits per heavy atom. The fraction of sp³-hybridized carbons (Fsp3) is 0.222. The Kier molecular flexibility index (Phi) is 6.70. The fourth-order valence-corrected chi connectivity index (χ4v) is 4.19. The molecule has 2 N–H and O–H groups in total. The molecule has 0 fully saturated rings. The maximum atomic E-state index is 12.7. The number of carbonyl (C=O) groups is 2. The maximum absolute atomic E-state index is 12.7. The van der Waals surface area contributed by atoms with Gasteiger partial charge in [0.1, 0.15) is 18.7 Å². The number of hydrogen-bond donors (Lipinski definition) is 2. The number of amides is 2. The molecule has 1 aliphatic rings. The van der Waals surface area contributed by atoms with Crippen molar-refractivity contribution in [1.82, 2.24) is 10.6 Å². The summed E-state index contributed by atoms with van der Waals surface area (Å²) < 4.78 is 5.59. The Labute approximate surface area is 193 Å². The van der Waals surface area contributed by atoms with Crippen LogP contribution < -0.4 is 10.6 Å². The van der Waals surface area contributed by atoms with Crippen molar-refractivity contribution >= 4 is 12.0 Å². The van der Waals surface area contributed by atoms with Gasteiger partial charge in [0.25, 0.3) is 0 Å². The molecular weight excluding hydrogens is 414 g/mol. The van der Waals surface area contributed by atoms with Crippen molar-refractivity contribution in [2.75, 3.05) is 6.61 Å². The lowest BCUT2D eigenvalue weighted by Crippen LogP contribution is -2.50. The Hall–Kier alpha value is -4.11. The van der Waals surface area contributed by atoms with E-state index in [2.05, 4.69) is 34.9 Å². The van der Waals surface area contributed by atoms with Gasteiger partial charge in [-0.2, -0.15) is 5.26 Å². The molecule has 2 amide bonds. The van der Waals surface area contributed by atoms with Crippen LogP contribution >= 0.6 is 0 Å². The van der Waals surface area contributed by atoms with Crippen LogP contribution in [0.1, 0.15) is 29.5 Å². The molecule has 3 aromatic carbocycles. The summed E-state index contributed by atoms with van der Waals surface area (Å²) in [6, 6.07) is 26.0. The molecule has 2 atom stereocenters. The third-order valence-corrected chi connectivity index (χ3v) is 5.79. The van der Waals surface area contributed by atoms with Gasteiger partial charge in [-0.15, -0.1) is 0 Å². The lowest BCUT2D eigenvalue weighted by atomic mass is 9.98. The minimum absolute atomic E-state index is 0.0665. The first kappa shape index (κ1) is 22.1. The number of nitrogens with one attached hydrogen (secondary N) is 2. The molecule has 0 spiro atoms. The molecule has 0 saturated heterocycles. The van der Waals surface area contributed by atoms with E-state index in [4.69, 9.17) is 10.00 Å². The van der Waals surface area contributed by atoms with E-state index >= 15 is 0 Å². The Bertz CT molecular complexity index is 1140. The monoisotopic (exact) mass is 439 g/mol. The minimum atomic E-state index is -0.862. The topological polar surface area (TPSA) is 91.2 Å². The molecule has 0 aromatic heterocycles. The molecule has 4 rings (SSSR count). The van der Waals surface area contributed by atoms with E-state index in [0.29, 0.717) is 0 Å². The molecule has 6 heteroatoms. The molecule has 0 bridgehead atoms. The van der Waals surface area contributed by atoms with Gasteiger partial charge < -0.3 is 15.4 Å². The number of alkyl carbamates (subject to hydrolysis) is 1. The highest BCUT2D eigenvalue weighted by atomic mass is 16.5. The zero-order valence-electron chi connectivity index (χ0n) is 18.3. The van der Waals surface area contributed by atoms with Crippen molar-refractivity contribution in [3.8, 4) is 17.2 Å². The van der Waals surface area contributed by atoms with Gasteiger partial charge in [-0.05, 0) is 34.7 Å². The SMILES string of the molecule is CC(C#N)NC(=O)C(Cc1ccccc1)NC(=O)OCC1c2ccccc2-c2ccccc21. The van der Waals surface area contributed by atoms with E-state index in [1.807, 2.05) is 60.7 Å². The van der Waals surface area contributed by atoms with Crippen LogP contribution in [-0.4, -0.2) is 30.7 Å². The normalized spacial score (nSPS) is 13.7. The highest BCUT2D eigenvalue weighted by Crippen LogP contribution is 2.44. The summed E-state index contributed by atoms with van der Waals surface area (Å²) >= 11 is 0. The van der Waals surface area contributed by atoms with Gasteiger partial charge >= 0.3 is 6.09 Å². The smallest absolute Gasteiger partial charge is 0.407 e. The zero-order valence-corrected chi connectivity index (χ0v) is 18.3. The van der Waals surface area contributed by atoms with E-state index in [1.54, 1.807) is 6.92 Å². The van der Waals surface area contributed by atoms with Crippen LogP contribution in [0.5, 0.6) is 0 Å². The fourth-order valence-electron chi connectivity index (χ4n) is 4.19. The summed E-state index contributed by atoms with van der Waals surface area (Å²) in [4.78, 5) is 25.4. The van der Waals surface area contributed by atoms with Gasteiger partial charge in [-0.3, -0.25) is 4.79 Å². The van der Waals surface area contributed by atoms with Crippen LogP contribution in [0.3, 0.4) is 0 Å². The Morgan fingerprint density at radius 1 is 0.909 bits per heavy atom. The molecule has 0 radical (unpaired) electrons. The summed E-state index contributed by atoms with van der Waals surface area (Å²) in [6.07, 6.45) is -0.382. The lowest BCUT2D eigenvalue weighted by Gasteiger charge is -2.20. The van der Waals surface area contributed by atoms with Gasteiger partial charge in [0.15, 0.2) is 0 Å². The second kappa shape index (κ2) is 10.0. The Morgan fingerprint density at radius 3 is 2.09 bits per heavy atom. The van der Waals surface area contributed by atoms with Crippen LogP contribution in [0.2, 0.25) is 0 Å². The van der Waals surface area contributed by atoms with Crippen molar-refractivity contribution in [1.29, 1.82) is 5.26 Å². The highest BCUT2D eigenvalue weighted by Gasteiger charge is 2.30. The molecule has 166 valence electrons. The summed E-state index contributed by atoms with van der Waals surface area (Å²) in [6.45, 7) is 1.75. The predicted molar refractivity (Wildman–Crippen MR) is 125 cm³/mol. The average Bonchev–Trinajstić information content (AvgIpc) is 3.16. The molecule has 0 aliphatic heterocycles. The van der Waals surface area contributed by atoms with E-state index in [9.17, 15) is 9.59 Å². The molecule has 6 nitrogen and oxygen atoms in total. The lowest BCUT2D eigenvalue weighted by molar-refractivity contribution is -0.123. The molecule has 33 heavy (non-hydrogen) atoms. The predicted octanol–water partition coefficient (Wildman–Crippen LogP) is 4.16. The third-order valence-electron chi connectivity index (χ3n) is 5.79. The quantitative estimate of drug-likeness (QED) is 0.578. The number of benzene rings is 3. The van der Waals surface area contributed by atoms with Gasteiger partial charge in [0.05, 0.1) is 6.07 Å². The number of ether oxygens (including phenoxy) is 1. The highest BCUT2D eigenvalue weighted by molar-refractivity contribution is 5.86. The van der Waals surface area contributed by atoms with Crippen molar-refractivity contribution in [2.45, 2.75) is 31.3 Å². The van der Waals surface area contributed by atoms with Gasteiger partial charge in [0.2, 0.25) is 5.91 Å². The van der Waals surface area contributed by atoms with Crippen molar-refractivity contribution in [3.05, 3.63) is 95.6 Å². The van der Waals surface area contributed by atoms with Crippen molar-refractivity contribution < 1.29 is 14.3 Å². The summed E-state index contributed by atoms with van der Waals surface area (Å²) in [5.41, 5.74) is 5.42. The van der Waals surface area contributed by atoms with Crippen LogP contribution in [0.4, 0.5) is 4.79 Å². The Balaban J connectivity index is 1.45. The largest absolute Gasteiger partial charge is 0.449 e. The number of fused-ring (bicyclic) bond motifs is 3. The molecule has 1 aliphatic carbocycles. The molecule has 0 heterocycles. The first-order chi connectivity index (χ1) is 16.1. The average molecular weight is 440 g/mol. The van der Waals surface area contributed by atoms with Crippen LogP contribution in [0, 0.1) is 11.3 Å². The molecule has 3 aromatic rings. The molecule has 0 saturated carbocycles. The summed E-state index contributed by atoms with van der Waals surface area (Å²) in [5.74, 6) is -0.496. The minimum Gasteiger partial charge on any atom is -0.449 e. The van der Waals surface area contributed by atoms with E-state index < -0.39 is 24.1 Å². The second-order valence-electron chi connectivity index (χ2n) is 8.07. The van der Waals surface area contributed by atoms with Gasteiger partial charge in [0, 0.05) is 12.3 Å². The van der Waals surface area contributed by atoms with Crippen LogP contribution in [-0.2, 0) is 16.0 Å². The van der Waals surface area contributed by atoms with E-state index in [0.717, 1.165) is 27.8 Å². The van der Waals surface area contributed by atoms with Crippen molar-refractivity contribution in [3.63, 3.8) is 0 Å². The van der Waals surface area contributed by atoms with Crippen LogP contribution in [0.15, 0.2) is 78.9 Å². The van der Waals surface area contributed by atoms with Gasteiger partial charge in [-0.25, -0.2) is 4.79 Å². The van der Waals surface area contributed by atoms with E-state index in [1.165, 1.54) is 0 Å². The van der Waals surface area contributed by atoms with Crippen LogP contribution in [0.25, 0.3) is 11.1 Å². The van der Waals surface area contributed by atoms with Gasteiger partial charge in [-0.1, -0.05) is 78.9 Å². The molecule has 2 unspecified atom stereocenters. The summed E-state index contributed by atoms with van der Waals surface area (Å²) in [7, 11) is 0. The number of nitriles is 1. The zero-order chi connectivity index (χ0) is 23.2. The first-order valence-electron chi connectivity index (χ1n) is 10.9. The standard InChI is InChI=1S/C27H25N3O3/c1-18(16-28)29-26(31)25(15-19-9-3-2-4-10-19)30-27(32)33-17-24-22-13-7-5-11-20(22)21-12-6-8-14-23(21)24/h2-14,18,24-25H,15,17H2,1H3,(H,29,31)(H,30,32). The number of rotatable bonds is 7. The number of nitrogens with zero attached hydrogens (tertiary/aromatic N) is 1. The maximum Gasteiger partial charge on any atom is 0.407 e. The number of hydrogen-bond acceptors (Lipinski definition) is 4. The summed E-state index contributed by atoms with van der Waals surface area (Å²) in [5, 5.41) is 14.3. The number of carbonyl (C=O) groups excluding carboxylic acids is 2.